The van der Waals surface area contributed by atoms with E-state index in [1.807, 2.05) is 31.2 Å². The maximum Gasteiger partial charge on any atom is 0.246 e. The average Bonchev–Trinajstić information content (AvgIpc) is 2.95. The van der Waals surface area contributed by atoms with Crippen LogP contribution in [0.1, 0.15) is 12.0 Å². The minimum atomic E-state index is -2.98. The number of amides is 2. The number of hydrogen-bond donors (Lipinski definition) is 0. The molecule has 8 heteroatoms. The molecule has 0 saturated carbocycles. The van der Waals surface area contributed by atoms with Gasteiger partial charge in [0.05, 0.1) is 18.1 Å². The third kappa shape index (κ3) is 4.07. The molecule has 1 aromatic rings. The molecule has 26 heavy (non-hydrogen) atoms. The third-order valence-electron chi connectivity index (χ3n) is 5.20. The number of benzene rings is 1. The second-order valence-corrected chi connectivity index (χ2v) is 9.35. The van der Waals surface area contributed by atoms with Crippen LogP contribution in [0.5, 0.6) is 0 Å². The zero-order chi connectivity index (χ0) is 18.9. The van der Waals surface area contributed by atoms with Crippen LogP contribution >= 0.6 is 0 Å². The molecule has 0 aliphatic carbocycles. The Balaban J connectivity index is 1.58. The van der Waals surface area contributed by atoms with Crippen LogP contribution in [0.25, 0.3) is 0 Å². The lowest BCUT2D eigenvalue weighted by Gasteiger charge is -2.36. The fourth-order valence-corrected chi connectivity index (χ4v) is 5.38. The monoisotopic (exact) mass is 379 g/mol. The van der Waals surface area contributed by atoms with Crippen molar-refractivity contribution in [2.24, 2.45) is 0 Å². The van der Waals surface area contributed by atoms with Crippen molar-refractivity contribution in [2.75, 3.05) is 49.6 Å². The summed E-state index contributed by atoms with van der Waals surface area (Å²) in [5.74, 6) is 0.0696. The highest BCUT2D eigenvalue weighted by Gasteiger charge is 2.33. The van der Waals surface area contributed by atoms with Gasteiger partial charge in [-0.2, -0.15) is 0 Å². The van der Waals surface area contributed by atoms with Crippen molar-refractivity contribution in [2.45, 2.75) is 19.4 Å². The molecule has 0 radical (unpaired) electrons. The van der Waals surface area contributed by atoms with Gasteiger partial charge >= 0.3 is 0 Å². The molecule has 0 N–H and O–H groups in total. The predicted octanol–water partition coefficient (Wildman–Crippen LogP) is 0.289. The smallest absolute Gasteiger partial charge is 0.246 e. The average molecular weight is 379 g/mol. The molecule has 1 atom stereocenters. The standard InChI is InChI=1S/C18H25N3O4S/c1-14-5-3-4-6-16(14)21-9-8-20(12-18(21)23)17(22)11-19(2)15-7-10-26(24,25)13-15/h3-6,15H,7-13H2,1-2H3. The Morgan fingerprint density at radius 1 is 1.27 bits per heavy atom. The summed E-state index contributed by atoms with van der Waals surface area (Å²) in [4.78, 5) is 30.2. The number of hydrogen-bond acceptors (Lipinski definition) is 5. The molecule has 3 rings (SSSR count). The molecule has 2 heterocycles. The fourth-order valence-electron chi connectivity index (χ4n) is 3.57. The minimum absolute atomic E-state index is 0.0595. The molecule has 2 saturated heterocycles. The molecule has 0 aromatic heterocycles. The van der Waals surface area contributed by atoms with Crippen LogP contribution in [0.4, 0.5) is 5.69 Å². The highest BCUT2D eigenvalue weighted by molar-refractivity contribution is 7.91. The molecule has 2 aliphatic heterocycles. The molecule has 0 bridgehead atoms. The van der Waals surface area contributed by atoms with Gasteiger partial charge in [0.1, 0.15) is 6.54 Å². The van der Waals surface area contributed by atoms with E-state index in [1.165, 1.54) is 0 Å². The van der Waals surface area contributed by atoms with Crippen molar-refractivity contribution in [3.8, 4) is 0 Å². The number of likely N-dealkylation sites (N-methyl/N-ethyl adjacent to an activating group) is 1. The van der Waals surface area contributed by atoms with E-state index in [0.717, 1.165) is 11.3 Å². The van der Waals surface area contributed by atoms with Gasteiger partial charge in [0.2, 0.25) is 11.8 Å². The van der Waals surface area contributed by atoms with Gasteiger partial charge < -0.3 is 9.80 Å². The first-order chi connectivity index (χ1) is 12.3. The van der Waals surface area contributed by atoms with Gasteiger partial charge in [-0.25, -0.2) is 8.42 Å². The minimum Gasteiger partial charge on any atom is -0.330 e. The molecule has 2 aliphatic rings. The largest absolute Gasteiger partial charge is 0.330 e. The molecule has 0 spiro atoms. The Morgan fingerprint density at radius 3 is 2.62 bits per heavy atom. The first-order valence-corrected chi connectivity index (χ1v) is 10.6. The van der Waals surface area contributed by atoms with Gasteiger partial charge in [-0.1, -0.05) is 18.2 Å². The Morgan fingerprint density at radius 2 is 2.00 bits per heavy atom. The molecular weight excluding hydrogens is 354 g/mol. The molecule has 1 unspecified atom stereocenters. The van der Waals surface area contributed by atoms with Crippen LogP contribution in [0.2, 0.25) is 0 Å². The van der Waals surface area contributed by atoms with E-state index < -0.39 is 9.84 Å². The van der Waals surface area contributed by atoms with Crippen LogP contribution in [0.3, 0.4) is 0 Å². The summed E-state index contributed by atoms with van der Waals surface area (Å²) < 4.78 is 23.2. The van der Waals surface area contributed by atoms with Crippen LogP contribution in [0.15, 0.2) is 24.3 Å². The SMILES string of the molecule is Cc1ccccc1N1CCN(C(=O)CN(C)C2CCS(=O)(=O)C2)CC1=O. The lowest BCUT2D eigenvalue weighted by atomic mass is 10.1. The second kappa shape index (κ2) is 7.36. The predicted molar refractivity (Wildman–Crippen MR) is 99.8 cm³/mol. The van der Waals surface area contributed by atoms with Gasteiger partial charge in [-0.3, -0.25) is 14.5 Å². The van der Waals surface area contributed by atoms with E-state index in [4.69, 9.17) is 0 Å². The second-order valence-electron chi connectivity index (χ2n) is 7.12. The number of carbonyl (C=O) groups is 2. The lowest BCUT2D eigenvalue weighted by molar-refractivity contribution is -0.137. The lowest BCUT2D eigenvalue weighted by Crippen LogP contribution is -2.54. The number of nitrogens with zero attached hydrogens (tertiary/aromatic N) is 3. The highest BCUT2D eigenvalue weighted by atomic mass is 32.2. The summed E-state index contributed by atoms with van der Waals surface area (Å²) in [6, 6.07) is 7.59. The quantitative estimate of drug-likeness (QED) is 0.751. The van der Waals surface area contributed by atoms with Crippen LogP contribution in [0, 0.1) is 6.92 Å². The van der Waals surface area contributed by atoms with E-state index in [-0.39, 0.29) is 42.5 Å². The zero-order valence-electron chi connectivity index (χ0n) is 15.2. The summed E-state index contributed by atoms with van der Waals surface area (Å²) in [5.41, 5.74) is 1.92. The van der Waals surface area contributed by atoms with Crippen LogP contribution < -0.4 is 4.90 Å². The molecule has 142 valence electrons. The van der Waals surface area contributed by atoms with Gasteiger partial charge in [-0.05, 0) is 32.0 Å². The number of carbonyl (C=O) groups excluding carboxylic acids is 2. The number of para-hydroxylation sites is 1. The summed E-state index contributed by atoms with van der Waals surface area (Å²) in [5, 5.41) is 0. The van der Waals surface area contributed by atoms with E-state index in [9.17, 15) is 18.0 Å². The Kier molecular flexibility index (Phi) is 5.34. The van der Waals surface area contributed by atoms with Crippen molar-refractivity contribution in [3.63, 3.8) is 0 Å². The molecule has 7 nitrogen and oxygen atoms in total. The molecular formula is C18H25N3O4S. The number of aryl methyl sites for hydroxylation is 1. The number of rotatable bonds is 4. The Labute approximate surface area is 154 Å². The van der Waals surface area contributed by atoms with Gasteiger partial charge in [0, 0.05) is 24.8 Å². The van der Waals surface area contributed by atoms with E-state index in [2.05, 4.69) is 0 Å². The Hall–Kier alpha value is -1.93. The van der Waals surface area contributed by atoms with Crippen molar-refractivity contribution in [3.05, 3.63) is 29.8 Å². The van der Waals surface area contributed by atoms with Gasteiger partial charge in [0.15, 0.2) is 9.84 Å². The van der Waals surface area contributed by atoms with Crippen molar-refractivity contribution in [1.29, 1.82) is 0 Å². The van der Waals surface area contributed by atoms with Crippen molar-refractivity contribution >= 4 is 27.3 Å². The third-order valence-corrected chi connectivity index (χ3v) is 6.95. The summed E-state index contributed by atoms with van der Waals surface area (Å²) in [6.45, 7) is 3.11. The number of anilines is 1. The topological polar surface area (TPSA) is 78.0 Å². The highest BCUT2D eigenvalue weighted by Crippen LogP contribution is 2.22. The van der Waals surface area contributed by atoms with Crippen LogP contribution in [-0.2, 0) is 19.4 Å². The zero-order valence-corrected chi connectivity index (χ0v) is 16.0. The summed E-state index contributed by atoms with van der Waals surface area (Å²) in [6.07, 6.45) is 0.562. The van der Waals surface area contributed by atoms with Gasteiger partial charge in [-0.15, -0.1) is 0 Å². The normalized spacial score (nSPS) is 22.9. The van der Waals surface area contributed by atoms with Gasteiger partial charge in [0.25, 0.3) is 0 Å². The van der Waals surface area contributed by atoms with Crippen LogP contribution in [-0.4, -0.2) is 80.8 Å². The fraction of sp³-hybridized carbons (Fsp3) is 0.556. The van der Waals surface area contributed by atoms with Crippen molar-refractivity contribution < 1.29 is 18.0 Å². The molecule has 2 amide bonds. The molecule has 1 aromatic carbocycles. The van der Waals surface area contributed by atoms with E-state index in [1.54, 1.807) is 21.7 Å². The molecule has 2 fully saturated rings. The maximum atomic E-state index is 12.5. The van der Waals surface area contributed by atoms with E-state index >= 15 is 0 Å². The van der Waals surface area contributed by atoms with Crippen molar-refractivity contribution in [1.82, 2.24) is 9.80 Å². The summed E-state index contributed by atoms with van der Waals surface area (Å²) >= 11 is 0. The number of sulfone groups is 1. The number of piperazine rings is 1. The Bertz CT molecular complexity index is 808. The first kappa shape index (κ1) is 18.8. The van der Waals surface area contributed by atoms with E-state index in [0.29, 0.717) is 19.5 Å². The first-order valence-electron chi connectivity index (χ1n) is 8.81. The summed E-state index contributed by atoms with van der Waals surface area (Å²) in [7, 11) is -1.21. The maximum absolute atomic E-state index is 12.5.